The number of hydrogen-bond acceptors (Lipinski definition) is 6. The van der Waals surface area contributed by atoms with Crippen LogP contribution in [-0.4, -0.2) is 62.0 Å². The lowest BCUT2D eigenvalue weighted by Gasteiger charge is -2.35. The van der Waals surface area contributed by atoms with Crippen LogP contribution in [0, 0.1) is 0 Å². The minimum absolute atomic E-state index is 0.0492. The van der Waals surface area contributed by atoms with E-state index < -0.39 is 6.04 Å². The summed E-state index contributed by atoms with van der Waals surface area (Å²) in [6.45, 7) is 1.28. The molecule has 1 unspecified atom stereocenters. The van der Waals surface area contributed by atoms with E-state index in [0.29, 0.717) is 35.8 Å². The van der Waals surface area contributed by atoms with E-state index in [2.05, 4.69) is 5.32 Å². The molecule has 8 heteroatoms. The van der Waals surface area contributed by atoms with Gasteiger partial charge in [0.05, 0.1) is 32.4 Å². The molecular formula is C24H27N3O5. The SMILES string of the molecule is COc1ccc(N2C(=O)CC(N3CCC(NC(=O)c4ccccc4)CC3)C2=O)cc1OC. The molecule has 168 valence electrons. The molecule has 3 amide bonds. The Kier molecular flexibility index (Phi) is 6.41. The fourth-order valence-corrected chi connectivity index (χ4v) is 4.35. The number of rotatable bonds is 6. The summed E-state index contributed by atoms with van der Waals surface area (Å²) in [7, 11) is 3.05. The molecule has 1 N–H and O–H groups in total. The van der Waals surface area contributed by atoms with Crippen molar-refractivity contribution >= 4 is 23.4 Å². The van der Waals surface area contributed by atoms with Crippen LogP contribution in [0.1, 0.15) is 29.6 Å². The van der Waals surface area contributed by atoms with Gasteiger partial charge >= 0.3 is 0 Å². The van der Waals surface area contributed by atoms with Crippen molar-refractivity contribution in [1.29, 1.82) is 0 Å². The summed E-state index contributed by atoms with van der Waals surface area (Å²) in [6, 6.07) is 13.7. The number of methoxy groups -OCH3 is 2. The minimum atomic E-state index is -0.485. The maximum absolute atomic E-state index is 13.1. The number of piperidine rings is 1. The first-order chi connectivity index (χ1) is 15.5. The van der Waals surface area contributed by atoms with E-state index in [4.69, 9.17) is 9.47 Å². The monoisotopic (exact) mass is 437 g/mol. The van der Waals surface area contributed by atoms with E-state index >= 15 is 0 Å². The zero-order valence-corrected chi connectivity index (χ0v) is 18.2. The van der Waals surface area contributed by atoms with Gasteiger partial charge in [0, 0.05) is 30.8 Å². The molecule has 1 atom stereocenters. The smallest absolute Gasteiger partial charge is 0.251 e. The van der Waals surface area contributed by atoms with Gasteiger partial charge in [-0.05, 0) is 37.1 Å². The Morgan fingerprint density at radius 1 is 0.969 bits per heavy atom. The molecule has 2 aliphatic rings. The van der Waals surface area contributed by atoms with Gasteiger partial charge in [-0.1, -0.05) is 18.2 Å². The molecule has 0 spiro atoms. The number of carbonyl (C=O) groups excluding carboxylic acids is 3. The summed E-state index contributed by atoms with van der Waals surface area (Å²) in [4.78, 5) is 41.5. The lowest BCUT2D eigenvalue weighted by molar-refractivity contribution is -0.123. The minimum Gasteiger partial charge on any atom is -0.493 e. The molecule has 2 heterocycles. The average molecular weight is 437 g/mol. The van der Waals surface area contributed by atoms with Crippen LogP contribution in [-0.2, 0) is 9.59 Å². The van der Waals surface area contributed by atoms with E-state index in [-0.39, 0.29) is 30.2 Å². The van der Waals surface area contributed by atoms with Crippen molar-refractivity contribution in [3.05, 3.63) is 54.1 Å². The summed E-state index contributed by atoms with van der Waals surface area (Å²) in [5, 5.41) is 3.07. The van der Waals surface area contributed by atoms with Crippen molar-refractivity contribution in [3.8, 4) is 11.5 Å². The van der Waals surface area contributed by atoms with Gasteiger partial charge in [-0.2, -0.15) is 0 Å². The fourth-order valence-electron chi connectivity index (χ4n) is 4.35. The molecular weight excluding hydrogens is 410 g/mol. The van der Waals surface area contributed by atoms with Crippen molar-refractivity contribution in [1.82, 2.24) is 10.2 Å². The zero-order chi connectivity index (χ0) is 22.7. The first-order valence-electron chi connectivity index (χ1n) is 10.7. The van der Waals surface area contributed by atoms with E-state index in [1.807, 2.05) is 23.1 Å². The third-order valence-corrected chi connectivity index (χ3v) is 6.09. The first kappa shape index (κ1) is 21.8. The van der Waals surface area contributed by atoms with E-state index in [0.717, 1.165) is 12.8 Å². The summed E-state index contributed by atoms with van der Waals surface area (Å²) >= 11 is 0. The molecule has 8 nitrogen and oxygen atoms in total. The Bertz CT molecular complexity index is 1000. The Morgan fingerprint density at radius 2 is 1.66 bits per heavy atom. The fraction of sp³-hybridized carbons (Fsp3) is 0.375. The highest BCUT2D eigenvalue weighted by molar-refractivity contribution is 6.22. The lowest BCUT2D eigenvalue weighted by atomic mass is 10.0. The van der Waals surface area contributed by atoms with E-state index in [1.54, 1.807) is 30.3 Å². The Balaban J connectivity index is 1.38. The molecule has 0 bridgehead atoms. The average Bonchev–Trinajstić information content (AvgIpc) is 3.13. The molecule has 0 radical (unpaired) electrons. The largest absolute Gasteiger partial charge is 0.493 e. The molecule has 2 aromatic carbocycles. The van der Waals surface area contributed by atoms with Crippen molar-refractivity contribution in [2.24, 2.45) is 0 Å². The number of anilines is 1. The summed E-state index contributed by atoms with van der Waals surface area (Å²) < 4.78 is 10.5. The van der Waals surface area contributed by atoms with Crippen molar-refractivity contribution < 1.29 is 23.9 Å². The van der Waals surface area contributed by atoms with Gasteiger partial charge in [0.2, 0.25) is 5.91 Å². The van der Waals surface area contributed by atoms with Crippen LogP contribution >= 0.6 is 0 Å². The number of hydrogen-bond donors (Lipinski definition) is 1. The number of imide groups is 1. The van der Waals surface area contributed by atoms with Crippen LogP contribution in [0.25, 0.3) is 0 Å². The topological polar surface area (TPSA) is 88.2 Å². The number of likely N-dealkylation sites (tertiary alicyclic amines) is 1. The van der Waals surface area contributed by atoms with Crippen LogP contribution < -0.4 is 19.7 Å². The number of nitrogens with one attached hydrogen (secondary N) is 1. The van der Waals surface area contributed by atoms with Gasteiger partial charge in [0.25, 0.3) is 11.8 Å². The van der Waals surface area contributed by atoms with Gasteiger partial charge in [-0.15, -0.1) is 0 Å². The Morgan fingerprint density at radius 3 is 2.31 bits per heavy atom. The van der Waals surface area contributed by atoms with Crippen molar-refractivity contribution in [2.45, 2.75) is 31.3 Å². The van der Waals surface area contributed by atoms with Crippen LogP contribution in [0.4, 0.5) is 5.69 Å². The number of benzene rings is 2. The maximum atomic E-state index is 13.1. The first-order valence-corrected chi connectivity index (χ1v) is 10.7. The molecule has 0 aliphatic carbocycles. The molecule has 0 aromatic heterocycles. The van der Waals surface area contributed by atoms with Crippen molar-refractivity contribution in [3.63, 3.8) is 0 Å². The molecule has 2 fully saturated rings. The number of carbonyl (C=O) groups is 3. The van der Waals surface area contributed by atoms with E-state index in [9.17, 15) is 14.4 Å². The number of amides is 3. The predicted octanol–water partition coefficient (Wildman–Crippen LogP) is 2.23. The summed E-state index contributed by atoms with van der Waals surface area (Å²) in [5.74, 6) is 0.451. The second kappa shape index (κ2) is 9.40. The zero-order valence-electron chi connectivity index (χ0n) is 18.2. The highest BCUT2D eigenvalue weighted by atomic mass is 16.5. The predicted molar refractivity (Wildman–Crippen MR) is 119 cm³/mol. The summed E-state index contributed by atoms with van der Waals surface area (Å²) in [5.41, 5.74) is 1.11. The normalized spacial score (nSPS) is 19.8. The van der Waals surface area contributed by atoms with Gasteiger partial charge in [-0.25, -0.2) is 4.90 Å². The van der Waals surface area contributed by atoms with Gasteiger partial charge in [0.15, 0.2) is 11.5 Å². The van der Waals surface area contributed by atoms with Gasteiger partial charge in [0.1, 0.15) is 0 Å². The van der Waals surface area contributed by atoms with Gasteiger partial charge in [-0.3, -0.25) is 19.3 Å². The lowest BCUT2D eigenvalue weighted by Crippen LogP contribution is -2.50. The van der Waals surface area contributed by atoms with Gasteiger partial charge < -0.3 is 14.8 Å². The number of nitrogens with zero attached hydrogens (tertiary/aromatic N) is 2. The van der Waals surface area contributed by atoms with Crippen molar-refractivity contribution in [2.75, 3.05) is 32.2 Å². The van der Waals surface area contributed by atoms with E-state index in [1.165, 1.54) is 19.1 Å². The molecule has 32 heavy (non-hydrogen) atoms. The third-order valence-electron chi connectivity index (χ3n) is 6.09. The standard InChI is InChI=1S/C24H27N3O5/c1-31-20-9-8-18(14-21(20)32-2)27-22(28)15-19(24(27)30)26-12-10-17(11-13-26)25-23(29)16-6-4-3-5-7-16/h3-9,14,17,19H,10-13,15H2,1-2H3,(H,25,29). The highest BCUT2D eigenvalue weighted by Crippen LogP contribution is 2.34. The Hall–Kier alpha value is -3.39. The molecule has 4 rings (SSSR count). The molecule has 2 aromatic rings. The molecule has 0 saturated carbocycles. The van der Waals surface area contributed by atoms with Crippen LogP contribution in [0.3, 0.4) is 0 Å². The third kappa shape index (κ3) is 4.31. The highest BCUT2D eigenvalue weighted by Gasteiger charge is 2.43. The van der Waals surface area contributed by atoms with Crippen LogP contribution in [0.2, 0.25) is 0 Å². The van der Waals surface area contributed by atoms with Crippen LogP contribution in [0.5, 0.6) is 11.5 Å². The summed E-state index contributed by atoms with van der Waals surface area (Å²) in [6.07, 6.45) is 1.61. The van der Waals surface area contributed by atoms with Crippen LogP contribution in [0.15, 0.2) is 48.5 Å². The molecule has 2 saturated heterocycles. The quantitative estimate of drug-likeness (QED) is 0.698. The molecule has 2 aliphatic heterocycles. The second-order valence-electron chi connectivity index (χ2n) is 7.98. The Labute approximate surface area is 187 Å². The number of ether oxygens (including phenoxy) is 2. The maximum Gasteiger partial charge on any atom is 0.251 e. The second-order valence-corrected chi connectivity index (χ2v) is 7.98.